The third kappa shape index (κ3) is 6.74. The van der Waals surface area contributed by atoms with Crippen molar-refractivity contribution >= 4 is 39.2 Å². The minimum atomic E-state index is -0.975. The molecule has 0 aliphatic carbocycles. The van der Waals surface area contributed by atoms with Gasteiger partial charge in [0.1, 0.15) is 0 Å². The second-order valence-electron chi connectivity index (χ2n) is 7.73. The first-order chi connectivity index (χ1) is 16.3. The molecule has 0 radical (unpaired) electrons. The van der Waals surface area contributed by atoms with Crippen LogP contribution in [0.5, 0.6) is 11.5 Å². The molecule has 0 saturated carbocycles. The molecular weight excluding hydrogens is 500 g/mol. The van der Waals surface area contributed by atoms with Gasteiger partial charge in [0.25, 0.3) is 5.91 Å². The molecule has 1 amide bonds. The molecule has 3 N–H and O–H groups in total. The number of aryl methyl sites for hydroxylation is 2. The van der Waals surface area contributed by atoms with Gasteiger partial charge in [0.15, 0.2) is 18.1 Å². The number of amides is 1. The highest BCUT2D eigenvalue weighted by atomic mass is 79.9. The summed E-state index contributed by atoms with van der Waals surface area (Å²) in [5.74, 6) is -0.309. The van der Waals surface area contributed by atoms with E-state index in [0.717, 1.165) is 22.4 Å². The van der Waals surface area contributed by atoms with E-state index < -0.39 is 5.97 Å². The molecule has 7 nitrogen and oxygen atoms in total. The Kier molecular flexibility index (Phi) is 8.54. The monoisotopic (exact) mass is 526 g/mol. The highest BCUT2D eigenvalue weighted by molar-refractivity contribution is 9.10. The van der Waals surface area contributed by atoms with Crippen molar-refractivity contribution in [2.24, 2.45) is 0 Å². The topological polar surface area (TPSA) is 96.9 Å². The van der Waals surface area contributed by atoms with Gasteiger partial charge in [-0.25, -0.2) is 4.79 Å². The SMILES string of the molecule is CCOc1cc(CNc2cc(C(=O)O)ccc2C)cc(Br)c1OCC(=O)Nc1ccc(C)cc1. The lowest BCUT2D eigenvalue weighted by atomic mass is 10.1. The van der Waals surface area contributed by atoms with Gasteiger partial charge in [-0.05, 0) is 84.2 Å². The van der Waals surface area contributed by atoms with Crippen LogP contribution in [-0.2, 0) is 11.3 Å². The Labute approximate surface area is 207 Å². The van der Waals surface area contributed by atoms with E-state index in [-0.39, 0.29) is 18.1 Å². The van der Waals surface area contributed by atoms with Gasteiger partial charge in [0.2, 0.25) is 0 Å². The number of carbonyl (C=O) groups excluding carboxylic acids is 1. The quantitative estimate of drug-likeness (QED) is 0.309. The predicted octanol–water partition coefficient (Wildman–Crippen LogP) is 5.79. The summed E-state index contributed by atoms with van der Waals surface area (Å²) in [6.07, 6.45) is 0. The maximum Gasteiger partial charge on any atom is 0.335 e. The first kappa shape index (κ1) is 25.1. The second-order valence-corrected chi connectivity index (χ2v) is 8.58. The van der Waals surface area contributed by atoms with E-state index in [1.807, 2.05) is 57.2 Å². The molecular formula is C26H27BrN2O5. The zero-order chi connectivity index (χ0) is 24.7. The number of carbonyl (C=O) groups is 2. The maximum absolute atomic E-state index is 12.3. The summed E-state index contributed by atoms with van der Waals surface area (Å²) in [6.45, 7) is 6.45. The molecule has 0 aliphatic rings. The number of carboxylic acid groups (broad SMARTS) is 1. The summed E-state index contributed by atoms with van der Waals surface area (Å²) in [5, 5.41) is 15.3. The van der Waals surface area contributed by atoms with Crippen LogP contribution in [0, 0.1) is 13.8 Å². The van der Waals surface area contributed by atoms with Crippen molar-refractivity contribution in [3.8, 4) is 11.5 Å². The Bertz CT molecular complexity index is 1180. The molecule has 0 unspecified atom stereocenters. The van der Waals surface area contributed by atoms with E-state index in [1.54, 1.807) is 18.2 Å². The third-order valence-corrected chi connectivity index (χ3v) is 5.61. The largest absolute Gasteiger partial charge is 0.490 e. The third-order valence-electron chi connectivity index (χ3n) is 5.02. The van der Waals surface area contributed by atoms with Crippen molar-refractivity contribution < 1.29 is 24.2 Å². The summed E-state index contributed by atoms with van der Waals surface area (Å²) in [6, 6.07) is 16.2. The van der Waals surface area contributed by atoms with Gasteiger partial charge in [-0.2, -0.15) is 0 Å². The predicted molar refractivity (Wildman–Crippen MR) is 136 cm³/mol. The van der Waals surface area contributed by atoms with Crippen LogP contribution in [0.3, 0.4) is 0 Å². The summed E-state index contributed by atoms with van der Waals surface area (Å²) >= 11 is 3.52. The Balaban J connectivity index is 1.70. The highest BCUT2D eigenvalue weighted by Crippen LogP contribution is 2.37. The molecule has 0 atom stereocenters. The van der Waals surface area contributed by atoms with E-state index in [4.69, 9.17) is 9.47 Å². The van der Waals surface area contributed by atoms with Gasteiger partial charge in [0.05, 0.1) is 16.6 Å². The average molecular weight is 527 g/mol. The van der Waals surface area contributed by atoms with Gasteiger partial charge < -0.3 is 25.2 Å². The number of rotatable bonds is 10. The maximum atomic E-state index is 12.3. The van der Waals surface area contributed by atoms with Crippen molar-refractivity contribution in [3.05, 3.63) is 81.3 Å². The molecule has 0 aromatic heterocycles. The molecule has 0 heterocycles. The fraction of sp³-hybridized carbons (Fsp3) is 0.231. The summed E-state index contributed by atoms with van der Waals surface area (Å²) < 4.78 is 12.2. The van der Waals surface area contributed by atoms with Crippen LogP contribution >= 0.6 is 15.9 Å². The van der Waals surface area contributed by atoms with Crippen molar-refractivity contribution in [2.75, 3.05) is 23.8 Å². The standard InChI is InChI=1S/C26H27BrN2O5/c1-4-33-23-12-18(14-28-22-13-19(26(31)32)8-7-17(22)3)11-21(27)25(23)34-15-24(30)29-20-9-5-16(2)6-10-20/h5-13,28H,4,14-15H2,1-3H3,(H,29,30)(H,31,32). The van der Waals surface area contributed by atoms with Crippen molar-refractivity contribution in [1.82, 2.24) is 0 Å². The smallest absolute Gasteiger partial charge is 0.335 e. The number of benzene rings is 3. The first-order valence-electron chi connectivity index (χ1n) is 10.8. The van der Waals surface area contributed by atoms with E-state index in [2.05, 4.69) is 26.6 Å². The molecule has 0 aliphatic heterocycles. The number of halogens is 1. The Morgan fingerprint density at radius 1 is 1.00 bits per heavy atom. The average Bonchev–Trinajstić information content (AvgIpc) is 2.79. The van der Waals surface area contributed by atoms with Crippen molar-refractivity contribution in [2.45, 2.75) is 27.3 Å². The van der Waals surface area contributed by atoms with Gasteiger partial charge in [-0.15, -0.1) is 0 Å². The van der Waals surface area contributed by atoms with E-state index in [9.17, 15) is 14.7 Å². The summed E-state index contributed by atoms with van der Waals surface area (Å²) in [4.78, 5) is 23.6. The Morgan fingerprint density at radius 3 is 2.41 bits per heavy atom. The van der Waals surface area contributed by atoms with Gasteiger partial charge in [-0.3, -0.25) is 4.79 Å². The Hall–Kier alpha value is -3.52. The van der Waals surface area contributed by atoms with Gasteiger partial charge in [-0.1, -0.05) is 23.8 Å². The molecule has 0 spiro atoms. The van der Waals surface area contributed by atoms with Gasteiger partial charge in [0, 0.05) is 17.9 Å². The lowest BCUT2D eigenvalue weighted by Gasteiger charge is -2.16. The van der Waals surface area contributed by atoms with Crippen LogP contribution in [0.15, 0.2) is 59.1 Å². The first-order valence-corrected chi connectivity index (χ1v) is 11.6. The normalized spacial score (nSPS) is 10.5. The lowest BCUT2D eigenvalue weighted by Crippen LogP contribution is -2.20. The van der Waals surface area contributed by atoms with E-state index >= 15 is 0 Å². The number of aromatic carboxylic acids is 1. The fourth-order valence-corrected chi connectivity index (χ4v) is 3.84. The number of ether oxygens (including phenoxy) is 2. The van der Waals surface area contributed by atoms with Crippen molar-refractivity contribution in [3.63, 3.8) is 0 Å². The molecule has 0 saturated heterocycles. The number of hydrogen-bond donors (Lipinski definition) is 3. The molecule has 3 aromatic rings. The summed E-state index contributed by atoms with van der Waals surface area (Å²) in [7, 11) is 0. The molecule has 3 aromatic carbocycles. The van der Waals surface area contributed by atoms with E-state index in [1.165, 1.54) is 0 Å². The van der Waals surface area contributed by atoms with Gasteiger partial charge >= 0.3 is 5.97 Å². The minimum Gasteiger partial charge on any atom is -0.490 e. The van der Waals surface area contributed by atoms with Crippen LogP contribution < -0.4 is 20.1 Å². The molecule has 34 heavy (non-hydrogen) atoms. The van der Waals surface area contributed by atoms with Crippen LogP contribution in [0.25, 0.3) is 0 Å². The molecule has 3 rings (SSSR count). The zero-order valence-electron chi connectivity index (χ0n) is 19.3. The van der Waals surface area contributed by atoms with Crippen LogP contribution in [0.2, 0.25) is 0 Å². The second kappa shape index (κ2) is 11.6. The van der Waals surface area contributed by atoms with Crippen molar-refractivity contribution in [1.29, 1.82) is 0 Å². The molecule has 0 fully saturated rings. The number of carboxylic acids is 1. The Morgan fingerprint density at radius 2 is 1.74 bits per heavy atom. The van der Waals surface area contributed by atoms with Crippen LogP contribution in [0.4, 0.5) is 11.4 Å². The molecule has 8 heteroatoms. The highest BCUT2D eigenvalue weighted by Gasteiger charge is 2.15. The molecule has 0 bridgehead atoms. The van der Waals surface area contributed by atoms with E-state index in [0.29, 0.717) is 34.8 Å². The number of hydrogen-bond acceptors (Lipinski definition) is 5. The number of anilines is 2. The number of nitrogens with one attached hydrogen (secondary N) is 2. The summed E-state index contributed by atoms with van der Waals surface area (Å²) in [5.41, 5.74) is 4.60. The lowest BCUT2D eigenvalue weighted by molar-refractivity contribution is -0.118. The zero-order valence-corrected chi connectivity index (χ0v) is 20.9. The minimum absolute atomic E-state index is 0.175. The van der Waals surface area contributed by atoms with Crippen LogP contribution in [0.1, 0.15) is 34.0 Å². The fourth-order valence-electron chi connectivity index (χ4n) is 3.24. The van der Waals surface area contributed by atoms with Crippen LogP contribution in [-0.4, -0.2) is 30.2 Å². The molecule has 178 valence electrons.